The Morgan fingerprint density at radius 3 is 1.61 bits per heavy atom. The van der Waals surface area contributed by atoms with E-state index in [-0.39, 0.29) is 45.8 Å². The number of halogens is 3. The molecular weight excluding hydrogens is 926 g/mol. The second kappa shape index (κ2) is 20.6. The molecule has 0 spiro atoms. The van der Waals surface area contributed by atoms with E-state index >= 15 is 0 Å². The molecule has 0 radical (unpaired) electrons. The molecule has 7 rings (SSSR count). The molecule has 0 aliphatic carbocycles. The first-order valence-corrected chi connectivity index (χ1v) is 22.6. The molecule has 3 aliphatic heterocycles. The van der Waals surface area contributed by atoms with Crippen molar-refractivity contribution in [3.63, 3.8) is 0 Å². The SMILES string of the molecule is CC(C)(C)OC(=O)N1CCC(n2cc(-c3cnc(Cl)c(C#N)c3)cn2)CC1.CC(C)(C)OC(=O)N1CCC(n2cc(B3OC(C)(C)C(C)(C)O3)cn2)CC1.N#Cc1cc(Br)cnc1Cl. The average Bonchev–Trinajstić information content (AvgIpc) is 3.97. The molecule has 2 amide bonds. The lowest BCUT2D eigenvalue weighted by Crippen LogP contribution is -2.42. The van der Waals surface area contributed by atoms with E-state index in [1.54, 1.807) is 40.5 Å². The summed E-state index contributed by atoms with van der Waals surface area (Å²) in [5.74, 6) is 0. The Balaban J connectivity index is 0.000000199. The smallest absolute Gasteiger partial charge is 0.444 e. The summed E-state index contributed by atoms with van der Waals surface area (Å²) in [6, 6.07) is 7.76. The number of hydrogen-bond acceptors (Lipinski definition) is 12. The second-order valence-electron chi connectivity index (χ2n) is 18.7. The topological polar surface area (TPSA) is 187 Å². The van der Waals surface area contributed by atoms with Crippen molar-refractivity contribution in [3.05, 3.63) is 75.2 Å². The molecule has 7 heterocycles. The Morgan fingerprint density at radius 1 is 0.719 bits per heavy atom. The van der Waals surface area contributed by atoms with E-state index in [0.717, 1.165) is 46.7 Å². The molecule has 0 saturated carbocycles. The van der Waals surface area contributed by atoms with Crippen LogP contribution in [0.25, 0.3) is 11.1 Å². The molecule has 3 fully saturated rings. The summed E-state index contributed by atoms with van der Waals surface area (Å²) in [5, 5.41) is 27.0. The van der Waals surface area contributed by atoms with Gasteiger partial charge >= 0.3 is 19.3 Å². The molecule has 0 aromatic carbocycles. The number of nitrogens with zero attached hydrogens (tertiary/aromatic N) is 10. The van der Waals surface area contributed by atoms with Crippen LogP contribution in [0.3, 0.4) is 0 Å². The van der Waals surface area contributed by atoms with Crippen LogP contribution in [0.15, 0.2) is 53.8 Å². The number of ether oxygens (including phenoxy) is 2. The van der Waals surface area contributed by atoms with Crippen LogP contribution in [-0.2, 0) is 18.8 Å². The van der Waals surface area contributed by atoms with E-state index in [1.165, 1.54) is 0 Å². The number of carbonyl (C=O) groups excluding carboxylic acids is 2. The van der Waals surface area contributed by atoms with Gasteiger partial charge in [0.25, 0.3) is 0 Å². The summed E-state index contributed by atoms with van der Waals surface area (Å²) >= 11 is 14.6. The fourth-order valence-electron chi connectivity index (χ4n) is 6.80. The highest BCUT2D eigenvalue weighted by atomic mass is 79.9. The summed E-state index contributed by atoms with van der Waals surface area (Å²) in [6.45, 7) is 22.1. The minimum atomic E-state index is -0.486. The highest BCUT2D eigenvalue weighted by molar-refractivity contribution is 9.10. The van der Waals surface area contributed by atoms with E-state index in [0.29, 0.717) is 37.3 Å². The molecule has 4 aromatic heterocycles. The van der Waals surface area contributed by atoms with Gasteiger partial charge in [-0.15, -0.1) is 0 Å². The van der Waals surface area contributed by atoms with Crippen molar-refractivity contribution in [1.82, 2.24) is 39.3 Å². The highest BCUT2D eigenvalue weighted by Crippen LogP contribution is 2.37. The molecule has 16 nitrogen and oxygen atoms in total. The van der Waals surface area contributed by atoms with E-state index in [1.807, 2.05) is 109 Å². The van der Waals surface area contributed by atoms with Crippen LogP contribution in [0.4, 0.5) is 9.59 Å². The number of pyridine rings is 2. The number of likely N-dealkylation sites (tertiary alicyclic amines) is 2. The van der Waals surface area contributed by atoms with Crippen LogP contribution >= 0.6 is 39.1 Å². The molecule has 4 aromatic rings. The molecule has 0 bridgehead atoms. The maximum Gasteiger partial charge on any atom is 0.498 e. The predicted octanol–water partition coefficient (Wildman–Crippen LogP) is 9.17. The van der Waals surface area contributed by atoms with Crippen molar-refractivity contribution < 1.29 is 28.4 Å². The average molecular weight is 983 g/mol. The summed E-state index contributed by atoms with van der Waals surface area (Å²) in [7, 11) is -0.398. The van der Waals surface area contributed by atoms with Crippen LogP contribution < -0.4 is 5.46 Å². The van der Waals surface area contributed by atoms with Gasteiger partial charge in [0.2, 0.25) is 0 Å². The van der Waals surface area contributed by atoms with E-state index in [2.05, 4.69) is 36.1 Å². The summed E-state index contributed by atoms with van der Waals surface area (Å²) < 4.78 is 27.7. The molecule has 0 atom stereocenters. The van der Waals surface area contributed by atoms with E-state index in [4.69, 9.17) is 52.5 Å². The van der Waals surface area contributed by atoms with Gasteiger partial charge in [-0.2, -0.15) is 20.7 Å². The van der Waals surface area contributed by atoms with Gasteiger partial charge in [0.15, 0.2) is 0 Å². The number of piperidine rings is 2. The summed E-state index contributed by atoms with van der Waals surface area (Å²) in [6.07, 6.45) is 13.5. The number of amides is 2. The van der Waals surface area contributed by atoms with Crippen LogP contribution in [0, 0.1) is 22.7 Å². The first-order valence-electron chi connectivity index (χ1n) is 21.1. The largest absolute Gasteiger partial charge is 0.498 e. The monoisotopic (exact) mass is 980 g/mol. The number of rotatable bonds is 4. The van der Waals surface area contributed by atoms with Gasteiger partial charge in [0.05, 0.1) is 40.6 Å². The van der Waals surface area contributed by atoms with Crippen molar-refractivity contribution in [2.24, 2.45) is 0 Å². The Labute approximate surface area is 394 Å². The van der Waals surface area contributed by atoms with Crippen molar-refractivity contribution in [2.75, 3.05) is 26.2 Å². The summed E-state index contributed by atoms with van der Waals surface area (Å²) in [5.41, 5.74) is 1.66. The van der Waals surface area contributed by atoms with Crippen molar-refractivity contribution in [3.8, 4) is 23.3 Å². The summed E-state index contributed by atoms with van der Waals surface area (Å²) in [4.78, 5) is 35.7. The second-order valence-corrected chi connectivity index (χ2v) is 20.4. The van der Waals surface area contributed by atoms with Gasteiger partial charge in [0.1, 0.15) is 33.6 Å². The van der Waals surface area contributed by atoms with Crippen LogP contribution in [0.5, 0.6) is 0 Å². The van der Waals surface area contributed by atoms with Gasteiger partial charge in [-0.3, -0.25) is 9.36 Å². The van der Waals surface area contributed by atoms with Crippen LogP contribution in [0.1, 0.15) is 118 Å². The number of nitriles is 2. The lowest BCUT2D eigenvalue weighted by Gasteiger charge is -2.33. The zero-order valence-corrected chi connectivity index (χ0v) is 41.2. The number of carbonyl (C=O) groups is 2. The fraction of sp³-hybridized carbons (Fsp3) is 0.545. The molecule has 342 valence electrons. The quantitative estimate of drug-likeness (QED) is 0.140. The van der Waals surface area contributed by atoms with Gasteiger partial charge in [-0.05, 0) is 123 Å². The number of aromatic nitrogens is 6. The molecule has 3 aliphatic rings. The molecule has 3 saturated heterocycles. The van der Waals surface area contributed by atoms with Crippen molar-refractivity contribution >= 4 is 63.9 Å². The molecule has 64 heavy (non-hydrogen) atoms. The lowest BCUT2D eigenvalue weighted by molar-refractivity contribution is 0.00578. The molecule has 0 unspecified atom stereocenters. The first-order chi connectivity index (χ1) is 29.9. The van der Waals surface area contributed by atoms with E-state index in [9.17, 15) is 9.59 Å². The number of hydrogen-bond donors (Lipinski definition) is 0. The van der Waals surface area contributed by atoms with Gasteiger partial charge in [-0.1, -0.05) is 23.2 Å². The van der Waals surface area contributed by atoms with Gasteiger partial charge < -0.3 is 28.6 Å². The van der Waals surface area contributed by atoms with E-state index < -0.39 is 18.3 Å². The van der Waals surface area contributed by atoms with Crippen molar-refractivity contribution in [1.29, 1.82) is 10.5 Å². The zero-order valence-electron chi connectivity index (χ0n) is 38.1. The first kappa shape index (κ1) is 50.3. The van der Waals surface area contributed by atoms with Gasteiger partial charge in [0, 0.05) is 78.2 Å². The van der Waals surface area contributed by atoms with Gasteiger partial charge in [-0.25, -0.2) is 19.6 Å². The predicted molar refractivity (Wildman–Crippen MR) is 247 cm³/mol. The minimum Gasteiger partial charge on any atom is -0.444 e. The standard InChI is InChI=1S/C19H32BN3O4.C19H22ClN5O2.C6H2BrClN2/c1-17(2,3)25-16(24)22-10-8-15(9-11-22)23-13-14(12-21-23)20-26-18(4,5)19(6,7)27-20;1-19(2,3)27-18(26)24-6-4-16(5-7-24)25-12-15(11-23-25)14-8-13(9-21)17(20)22-10-14;7-5-1-4(2-9)6(8)10-3-5/h12-13,15H,8-11H2,1-7H3;8,10-12,16H,4-7H2,1-3H3;1,3H. The normalized spacial score (nSPS) is 17.6. The Hall–Kier alpha value is -4.72. The Morgan fingerprint density at radius 2 is 1.16 bits per heavy atom. The minimum absolute atomic E-state index is 0.197. The maximum absolute atomic E-state index is 12.2. The molecule has 20 heteroatoms. The molecular formula is C44H56BBrCl2N10O6. The Kier molecular flexibility index (Phi) is 16.2. The Bertz CT molecular complexity index is 2330. The highest BCUT2D eigenvalue weighted by Gasteiger charge is 2.52. The zero-order chi connectivity index (χ0) is 47.2. The maximum atomic E-state index is 12.2. The van der Waals surface area contributed by atoms with Crippen LogP contribution in [0.2, 0.25) is 10.3 Å². The fourth-order valence-corrected chi connectivity index (χ4v) is 7.43. The lowest BCUT2D eigenvalue weighted by atomic mass is 9.82. The van der Waals surface area contributed by atoms with Crippen molar-refractivity contribution in [2.45, 2.75) is 129 Å². The third-order valence-electron chi connectivity index (χ3n) is 10.9. The third kappa shape index (κ3) is 13.4. The third-order valence-corrected chi connectivity index (χ3v) is 12.0. The van der Waals surface area contributed by atoms with Crippen LogP contribution in [-0.4, -0.2) is 107 Å². The molecule has 0 N–H and O–H groups in total.